The zero-order valence-corrected chi connectivity index (χ0v) is 12.8. The van der Waals surface area contributed by atoms with Gasteiger partial charge < -0.3 is 9.90 Å². The molecule has 86 valence electrons. The number of benzene rings is 1. The summed E-state index contributed by atoms with van der Waals surface area (Å²) in [4.78, 5) is 9.14. The van der Waals surface area contributed by atoms with Crippen molar-refractivity contribution in [2.24, 2.45) is 0 Å². The molecule has 0 aromatic heterocycles. The van der Waals surface area contributed by atoms with Crippen LogP contribution in [0.15, 0.2) is 43.0 Å². The molecule has 0 bridgehead atoms. The van der Waals surface area contributed by atoms with Crippen LogP contribution in [0.25, 0.3) is 0 Å². The van der Waals surface area contributed by atoms with E-state index >= 15 is 0 Å². The molecule has 0 unspecified atom stereocenters. The van der Waals surface area contributed by atoms with Crippen molar-refractivity contribution in [3.8, 4) is 0 Å². The first-order valence-corrected chi connectivity index (χ1v) is 10.9. The molecule has 0 radical (unpaired) electrons. The number of hydrogen-bond acceptors (Lipinski definition) is 2. The Hall–Kier alpha value is -0.771. The van der Waals surface area contributed by atoms with Crippen LogP contribution in [0.3, 0.4) is 0 Å². The Balaban J connectivity index is 0.000000385. The van der Waals surface area contributed by atoms with Crippen LogP contribution in [-0.2, 0) is 4.79 Å². The molecular weight excluding hydrogens is 307 g/mol. The molecule has 0 aliphatic rings. The second-order valence-corrected chi connectivity index (χ2v) is 12.3. The third kappa shape index (κ3) is 6.66. The molecule has 0 fully saturated rings. The van der Waals surface area contributed by atoms with Gasteiger partial charge in [0.25, 0.3) is 0 Å². The zero-order chi connectivity index (χ0) is 12.4. The number of carboxylic acid groups (broad SMARTS) is 1. The molecule has 3 heteroatoms. The molecule has 1 rings (SSSR count). The predicted molar refractivity (Wildman–Crippen MR) is 68.0 cm³/mol. The summed E-state index contributed by atoms with van der Waals surface area (Å²) in [6, 6.07) is 11.1. The molecule has 0 aliphatic carbocycles. The summed E-state index contributed by atoms with van der Waals surface area (Å²) in [7, 11) is 0. The van der Waals surface area contributed by atoms with Gasteiger partial charge in [-0.3, -0.25) is 0 Å². The molecule has 1 aromatic carbocycles. The Bertz CT molecular complexity index is 305. The third-order valence-electron chi connectivity index (χ3n) is 2.20. The summed E-state index contributed by atoms with van der Waals surface area (Å²) in [6.45, 7) is 7.58. The maximum absolute atomic E-state index is 9.14. The minimum atomic E-state index is -1.23. The van der Waals surface area contributed by atoms with Crippen molar-refractivity contribution in [2.45, 2.75) is 22.7 Å². The molecule has 0 spiro atoms. The monoisotopic (exact) mass is 326 g/mol. The van der Waals surface area contributed by atoms with Crippen molar-refractivity contribution in [1.29, 1.82) is 0 Å². The molecule has 0 atom stereocenters. The fourth-order valence-electron chi connectivity index (χ4n) is 1.33. The molecule has 0 saturated heterocycles. The topological polar surface area (TPSA) is 40.1 Å². The standard InChI is InChI=1S/C6H5.C3H4O2.2C2H5.Sn/c1-2-4-6-5-3-1;1-2-3(4)5;2*1-2;/h1-5H;2H,1H2,(H,4,5);2*1H2,2H3;/q;;;;+1/p-1. The van der Waals surface area contributed by atoms with Gasteiger partial charge in [-0.1, -0.05) is 6.58 Å². The third-order valence-corrected chi connectivity index (χ3v) is 10.4. The predicted octanol–water partition coefficient (Wildman–Crippen LogP) is 1.35. The molecule has 16 heavy (non-hydrogen) atoms. The summed E-state index contributed by atoms with van der Waals surface area (Å²) in [5, 5.41) is 9.14. The molecule has 0 heterocycles. The van der Waals surface area contributed by atoms with Crippen LogP contribution in [0, 0.1) is 0 Å². The van der Waals surface area contributed by atoms with E-state index in [-0.39, 0.29) is 0 Å². The van der Waals surface area contributed by atoms with Crippen LogP contribution in [0.2, 0.25) is 8.87 Å². The maximum atomic E-state index is 9.14. The average molecular weight is 325 g/mol. The molecular formula is C13H18O2Sn. The van der Waals surface area contributed by atoms with Crippen LogP contribution in [0.5, 0.6) is 0 Å². The van der Waals surface area contributed by atoms with Gasteiger partial charge in [0.15, 0.2) is 0 Å². The first kappa shape index (κ1) is 15.2. The van der Waals surface area contributed by atoms with Crippen LogP contribution in [0.4, 0.5) is 0 Å². The van der Waals surface area contributed by atoms with Crippen molar-refractivity contribution in [3.05, 3.63) is 43.0 Å². The second-order valence-electron chi connectivity index (χ2n) is 3.20. The van der Waals surface area contributed by atoms with Gasteiger partial charge in [0.05, 0.1) is 5.97 Å². The molecule has 2 nitrogen and oxygen atoms in total. The fraction of sp³-hybridized carbons (Fsp3) is 0.308. The van der Waals surface area contributed by atoms with Crippen LogP contribution in [0.1, 0.15) is 13.8 Å². The van der Waals surface area contributed by atoms with E-state index in [4.69, 9.17) is 9.90 Å². The number of carboxylic acids is 1. The number of carbonyl (C=O) groups is 1. The van der Waals surface area contributed by atoms with Crippen molar-refractivity contribution >= 4 is 29.3 Å². The Morgan fingerprint density at radius 3 is 2.06 bits per heavy atom. The summed E-state index contributed by atoms with van der Waals surface area (Å²) >= 11 is -1.10. The van der Waals surface area contributed by atoms with Crippen molar-refractivity contribution in [3.63, 3.8) is 0 Å². The van der Waals surface area contributed by atoms with Gasteiger partial charge in [-0.05, 0) is 6.08 Å². The Morgan fingerprint density at radius 1 is 1.31 bits per heavy atom. The fourth-order valence-corrected chi connectivity index (χ4v) is 6.98. The number of carbonyl (C=O) groups excluding carboxylic acids is 1. The first-order chi connectivity index (χ1) is 7.65. The molecule has 1 aromatic rings. The normalized spacial score (nSPS) is 8.62. The van der Waals surface area contributed by atoms with Gasteiger partial charge in [0, 0.05) is 0 Å². The van der Waals surface area contributed by atoms with E-state index in [1.165, 1.54) is 8.87 Å². The average Bonchev–Trinajstić information content (AvgIpc) is 2.33. The first-order valence-electron chi connectivity index (χ1n) is 5.39. The SMILES string of the molecule is C=CC(=O)[O-].C[CH2][Sn+]([CH2]C)[c]1ccccc1. The zero-order valence-electron chi connectivity index (χ0n) is 9.90. The van der Waals surface area contributed by atoms with E-state index in [2.05, 4.69) is 50.8 Å². The Labute approximate surface area is 105 Å². The molecule has 0 N–H and O–H groups in total. The van der Waals surface area contributed by atoms with Crippen LogP contribution >= 0.6 is 0 Å². The number of aliphatic carboxylic acids is 1. The summed E-state index contributed by atoms with van der Waals surface area (Å²) < 4.78 is 4.57. The van der Waals surface area contributed by atoms with Crippen molar-refractivity contribution < 1.29 is 9.90 Å². The summed E-state index contributed by atoms with van der Waals surface area (Å²) in [6.07, 6.45) is 0.722. The van der Waals surface area contributed by atoms with E-state index in [0.29, 0.717) is 0 Å². The van der Waals surface area contributed by atoms with Gasteiger partial charge in [-0.25, -0.2) is 0 Å². The van der Waals surface area contributed by atoms with Crippen LogP contribution in [-0.4, -0.2) is 25.7 Å². The summed E-state index contributed by atoms with van der Waals surface area (Å²) in [5.74, 6) is -1.23. The Morgan fingerprint density at radius 2 is 1.75 bits per heavy atom. The van der Waals surface area contributed by atoms with E-state index in [9.17, 15) is 0 Å². The number of rotatable bonds is 4. The van der Waals surface area contributed by atoms with Gasteiger partial charge in [0.2, 0.25) is 0 Å². The van der Waals surface area contributed by atoms with Crippen LogP contribution < -0.4 is 8.69 Å². The van der Waals surface area contributed by atoms with Gasteiger partial charge in [-0.2, -0.15) is 0 Å². The van der Waals surface area contributed by atoms with E-state index in [0.717, 1.165) is 6.08 Å². The van der Waals surface area contributed by atoms with E-state index in [1.807, 2.05) is 0 Å². The van der Waals surface area contributed by atoms with E-state index < -0.39 is 25.7 Å². The van der Waals surface area contributed by atoms with Gasteiger partial charge in [0.1, 0.15) is 0 Å². The molecule has 0 aliphatic heterocycles. The van der Waals surface area contributed by atoms with Gasteiger partial charge >= 0.3 is 76.4 Å². The van der Waals surface area contributed by atoms with E-state index in [1.54, 1.807) is 3.58 Å². The van der Waals surface area contributed by atoms with Gasteiger partial charge in [-0.15, -0.1) is 0 Å². The van der Waals surface area contributed by atoms with Crippen molar-refractivity contribution in [2.75, 3.05) is 0 Å². The second kappa shape index (κ2) is 9.45. The quantitative estimate of drug-likeness (QED) is 0.619. The minimum absolute atomic E-state index is 0.722. The molecule has 0 saturated carbocycles. The van der Waals surface area contributed by atoms with Crippen molar-refractivity contribution in [1.82, 2.24) is 0 Å². The summed E-state index contributed by atoms with van der Waals surface area (Å²) in [5.41, 5.74) is 0. The Kier molecular flexibility index (Phi) is 9.00. The number of hydrogen-bond donors (Lipinski definition) is 0. The molecule has 0 amide bonds.